The quantitative estimate of drug-likeness (QED) is 0.468. The zero-order valence-electron chi connectivity index (χ0n) is 9.90. The zero-order valence-corrected chi connectivity index (χ0v) is 9.90. The lowest BCUT2D eigenvalue weighted by Crippen LogP contribution is -2.05. The molecule has 0 aliphatic heterocycles. The highest BCUT2D eigenvalue weighted by molar-refractivity contribution is 5.89. The van der Waals surface area contributed by atoms with Crippen LogP contribution in [-0.4, -0.2) is 21.1 Å². The first-order valence-electron chi connectivity index (χ1n) is 5.27. The largest absolute Gasteiger partial charge is 0.452 e. The molecule has 1 aromatic carbocycles. The number of nitro groups is 1. The lowest BCUT2D eigenvalue weighted by atomic mass is 10.2. The van der Waals surface area contributed by atoms with Crippen molar-refractivity contribution in [1.82, 2.24) is 10.2 Å². The molecule has 0 saturated carbocycles. The molecule has 8 heteroatoms. The summed E-state index contributed by atoms with van der Waals surface area (Å²) < 4.78 is 9.95. The van der Waals surface area contributed by atoms with Gasteiger partial charge in [-0.3, -0.25) is 10.1 Å². The molecule has 0 aliphatic rings. The highest BCUT2D eigenvalue weighted by Gasteiger charge is 2.12. The number of non-ortho nitro benzene ring substituents is 1. The first kappa shape index (κ1) is 12.7. The van der Waals surface area contributed by atoms with Crippen LogP contribution >= 0.6 is 0 Å². The third kappa shape index (κ3) is 3.12. The summed E-state index contributed by atoms with van der Waals surface area (Å²) in [6.07, 6.45) is 0. The molecule has 1 heterocycles. The Morgan fingerprint density at radius 2 is 2.05 bits per heavy atom. The van der Waals surface area contributed by atoms with Crippen LogP contribution in [0.3, 0.4) is 0 Å². The number of nitro benzene ring substituents is 1. The van der Waals surface area contributed by atoms with Crippen molar-refractivity contribution in [1.29, 1.82) is 0 Å². The number of ether oxygens (including phenoxy) is 1. The minimum absolute atomic E-state index is 0.0934. The van der Waals surface area contributed by atoms with Crippen LogP contribution in [-0.2, 0) is 11.3 Å². The standard InChI is InChI=1S/C11H9N3O5/c1-7-12-13-10(19-7)6-18-11(15)8-2-4-9(5-3-8)14(16)17/h2-5H,6H2,1H3. The number of hydrogen-bond acceptors (Lipinski definition) is 7. The first-order chi connectivity index (χ1) is 9.06. The van der Waals surface area contributed by atoms with Crippen molar-refractivity contribution >= 4 is 11.7 Å². The van der Waals surface area contributed by atoms with E-state index in [1.165, 1.54) is 24.3 Å². The van der Waals surface area contributed by atoms with Gasteiger partial charge in [-0.25, -0.2) is 4.79 Å². The minimum Gasteiger partial charge on any atom is -0.452 e. The molecule has 98 valence electrons. The number of rotatable bonds is 4. The molecule has 0 radical (unpaired) electrons. The average Bonchev–Trinajstić information content (AvgIpc) is 2.82. The Labute approximate surface area is 107 Å². The van der Waals surface area contributed by atoms with Crippen molar-refractivity contribution in [3.63, 3.8) is 0 Å². The molecule has 19 heavy (non-hydrogen) atoms. The second-order valence-corrected chi connectivity index (χ2v) is 3.59. The first-order valence-corrected chi connectivity index (χ1v) is 5.27. The van der Waals surface area contributed by atoms with Crippen molar-refractivity contribution in [2.75, 3.05) is 0 Å². The van der Waals surface area contributed by atoms with Gasteiger partial charge in [0.25, 0.3) is 11.6 Å². The van der Waals surface area contributed by atoms with E-state index in [0.717, 1.165) is 0 Å². The Morgan fingerprint density at radius 3 is 2.58 bits per heavy atom. The third-order valence-corrected chi connectivity index (χ3v) is 2.21. The van der Waals surface area contributed by atoms with Gasteiger partial charge in [0.15, 0.2) is 6.61 Å². The highest BCUT2D eigenvalue weighted by Crippen LogP contribution is 2.13. The van der Waals surface area contributed by atoms with Gasteiger partial charge in [-0.15, -0.1) is 10.2 Å². The van der Waals surface area contributed by atoms with E-state index in [4.69, 9.17) is 9.15 Å². The molecule has 0 spiro atoms. The van der Waals surface area contributed by atoms with E-state index in [1.807, 2.05) is 0 Å². The van der Waals surface area contributed by atoms with Gasteiger partial charge in [0, 0.05) is 19.1 Å². The number of hydrogen-bond donors (Lipinski definition) is 0. The van der Waals surface area contributed by atoms with Gasteiger partial charge in [-0.2, -0.15) is 0 Å². The molecular weight excluding hydrogens is 254 g/mol. The summed E-state index contributed by atoms with van der Waals surface area (Å²) in [6.45, 7) is 1.48. The van der Waals surface area contributed by atoms with Crippen LogP contribution < -0.4 is 0 Å². The molecule has 2 aromatic rings. The molecule has 0 unspecified atom stereocenters. The summed E-state index contributed by atoms with van der Waals surface area (Å²) in [5.41, 5.74) is 0.117. The van der Waals surface area contributed by atoms with Gasteiger partial charge in [0.2, 0.25) is 5.89 Å². The number of nitrogens with zero attached hydrogens (tertiary/aromatic N) is 3. The van der Waals surface area contributed by atoms with Crippen LogP contribution in [0.2, 0.25) is 0 Å². The summed E-state index contributed by atoms with van der Waals surface area (Å²) in [5.74, 6) is -0.0557. The van der Waals surface area contributed by atoms with Gasteiger partial charge in [-0.1, -0.05) is 0 Å². The van der Waals surface area contributed by atoms with Crippen molar-refractivity contribution < 1.29 is 18.9 Å². The van der Waals surface area contributed by atoms with E-state index in [1.54, 1.807) is 6.92 Å². The van der Waals surface area contributed by atoms with E-state index < -0.39 is 10.9 Å². The molecule has 2 rings (SSSR count). The molecule has 0 N–H and O–H groups in total. The van der Waals surface area contributed by atoms with Crippen molar-refractivity contribution in [2.24, 2.45) is 0 Å². The maximum absolute atomic E-state index is 11.6. The molecular formula is C11H9N3O5. The Kier molecular flexibility index (Phi) is 3.51. The summed E-state index contributed by atoms with van der Waals surface area (Å²) in [6, 6.07) is 5.10. The lowest BCUT2D eigenvalue weighted by Gasteiger charge is -2.01. The summed E-state index contributed by atoms with van der Waals surface area (Å²) in [7, 11) is 0. The van der Waals surface area contributed by atoms with E-state index >= 15 is 0 Å². The second-order valence-electron chi connectivity index (χ2n) is 3.59. The predicted octanol–water partition coefficient (Wildman–Crippen LogP) is 1.64. The van der Waals surface area contributed by atoms with Gasteiger partial charge in [0.05, 0.1) is 10.5 Å². The van der Waals surface area contributed by atoms with Crippen LogP contribution in [0.5, 0.6) is 0 Å². The number of aromatic nitrogens is 2. The fraction of sp³-hybridized carbons (Fsp3) is 0.182. The molecule has 8 nitrogen and oxygen atoms in total. The fourth-order valence-corrected chi connectivity index (χ4v) is 1.33. The third-order valence-electron chi connectivity index (χ3n) is 2.21. The zero-order chi connectivity index (χ0) is 13.8. The fourth-order valence-electron chi connectivity index (χ4n) is 1.33. The maximum atomic E-state index is 11.6. The van der Waals surface area contributed by atoms with Crippen molar-refractivity contribution in [3.05, 3.63) is 51.7 Å². The van der Waals surface area contributed by atoms with E-state index in [9.17, 15) is 14.9 Å². The number of carbonyl (C=O) groups is 1. The Bertz CT molecular complexity index is 605. The SMILES string of the molecule is Cc1nnc(COC(=O)c2ccc([N+](=O)[O-])cc2)o1. The number of benzene rings is 1. The van der Waals surface area contributed by atoms with Gasteiger partial charge < -0.3 is 9.15 Å². The summed E-state index contributed by atoms with van der Waals surface area (Å²) in [5, 5.41) is 17.7. The Hall–Kier alpha value is -2.77. The molecule has 1 aromatic heterocycles. The van der Waals surface area contributed by atoms with Crippen molar-refractivity contribution in [2.45, 2.75) is 13.5 Å². The average molecular weight is 263 g/mol. The number of carbonyl (C=O) groups excluding carboxylic acids is 1. The molecule has 0 atom stereocenters. The van der Waals surface area contributed by atoms with Gasteiger partial charge >= 0.3 is 5.97 Å². The molecule has 0 amide bonds. The van der Waals surface area contributed by atoms with Crippen LogP contribution in [0.1, 0.15) is 22.1 Å². The van der Waals surface area contributed by atoms with Crippen LogP contribution in [0.25, 0.3) is 0 Å². The van der Waals surface area contributed by atoms with Gasteiger partial charge in [-0.05, 0) is 12.1 Å². The molecule has 0 bridgehead atoms. The number of aryl methyl sites for hydroxylation is 1. The number of esters is 1. The highest BCUT2D eigenvalue weighted by atomic mass is 16.6. The van der Waals surface area contributed by atoms with Crippen LogP contribution in [0.4, 0.5) is 5.69 Å². The molecule has 0 saturated heterocycles. The monoisotopic (exact) mass is 263 g/mol. The normalized spacial score (nSPS) is 10.2. The lowest BCUT2D eigenvalue weighted by molar-refractivity contribution is -0.384. The Morgan fingerprint density at radius 1 is 1.37 bits per heavy atom. The molecule has 0 aliphatic carbocycles. The van der Waals surface area contributed by atoms with E-state index in [2.05, 4.69) is 10.2 Å². The topological polar surface area (TPSA) is 108 Å². The van der Waals surface area contributed by atoms with Crippen LogP contribution in [0, 0.1) is 17.0 Å². The van der Waals surface area contributed by atoms with Crippen LogP contribution in [0.15, 0.2) is 28.7 Å². The predicted molar refractivity (Wildman–Crippen MR) is 61.3 cm³/mol. The maximum Gasteiger partial charge on any atom is 0.338 e. The minimum atomic E-state index is -0.620. The smallest absolute Gasteiger partial charge is 0.338 e. The Balaban J connectivity index is 1.98. The van der Waals surface area contributed by atoms with Crippen molar-refractivity contribution in [3.8, 4) is 0 Å². The van der Waals surface area contributed by atoms with E-state index in [0.29, 0.717) is 5.89 Å². The van der Waals surface area contributed by atoms with E-state index in [-0.39, 0.29) is 23.7 Å². The van der Waals surface area contributed by atoms with Gasteiger partial charge in [0.1, 0.15) is 0 Å². The molecule has 0 fully saturated rings. The summed E-state index contributed by atoms with van der Waals surface area (Å²) in [4.78, 5) is 21.5. The second kappa shape index (κ2) is 5.25. The summed E-state index contributed by atoms with van der Waals surface area (Å²) >= 11 is 0.